The third kappa shape index (κ3) is 3.98. The van der Waals surface area contributed by atoms with Gasteiger partial charge in [-0.1, -0.05) is 36.2 Å². The van der Waals surface area contributed by atoms with Crippen molar-refractivity contribution in [3.63, 3.8) is 0 Å². The molecule has 1 heterocycles. The van der Waals surface area contributed by atoms with Crippen LogP contribution in [0.25, 0.3) is 0 Å². The Balaban J connectivity index is 1.73. The number of hydrogen-bond donors (Lipinski definition) is 1. The molecule has 0 spiro atoms. The van der Waals surface area contributed by atoms with Crippen LogP contribution in [0.2, 0.25) is 10.0 Å². The lowest BCUT2D eigenvalue weighted by molar-refractivity contribution is 0.689. The Morgan fingerprint density at radius 2 is 2.10 bits per heavy atom. The predicted molar refractivity (Wildman–Crippen MR) is 90.6 cm³/mol. The number of halogens is 2. The highest BCUT2D eigenvalue weighted by atomic mass is 35.5. The maximum absolute atomic E-state index is 6.08. The van der Waals surface area contributed by atoms with Crippen LogP contribution in [0, 0.1) is 0 Å². The summed E-state index contributed by atoms with van der Waals surface area (Å²) in [5.41, 5.74) is 2.38. The standard InChI is InChI=1S/C16H18Cl2N2S/c1-2-14-15(9-19-11-4-5-11)21-16(20-14)8-10-3-6-12(17)13(18)7-10/h3,6-7,11,19H,2,4-5,8-9H2,1H3. The van der Waals surface area contributed by atoms with Crippen LogP contribution in [0.4, 0.5) is 0 Å². The first-order valence-electron chi connectivity index (χ1n) is 7.30. The molecule has 3 rings (SSSR count). The van der Waals surface area contributed by atoms with Crippen molar-refractivity contribution < 1.29 is 0 Å². The first-order valence-corrected chi connectivity index (χ1v) is 8.87. The second-order valence-corrected chi connectivity index (χ2v) is 7.39. The van der Waals surface area contributed by atoms with E-state index in [0.29, 0.717) is 10.0 Å². The van der Waals surface area contributed by atoms with Gasteiger partial charge in [-0.2, -0.15) is 0 Å². The van der Waals surface area contributed by atoms with Crippen molar-refractivity contribution in [2.45, 2.75) is 45.2 Å². The van der Waals surface area contributed by atoms with Crippen molar-refractivity contribution in [3.8, 4) is 0 Å². The number of nitrogens with one attached hydrogen (secondary N) is 1. The Labute approximate surface area is 139 Å². The van der Waals surface area contributed by atoms with Crippen LogP contribution in [0.3, 0.4) is 0 Å². The molecule has 2 aromatic rings. The Morgan fingerprint density at radius 1 is 1.29 bits per heavy atom. The third-order valence-electron chi connectivity index (χ3n) is 3.63. The lowest BCUT2D eigenvalue weighted by atomic mass is 10.1. The first kappa shape index (κ1) is 15.3. The highest BCUT2D eigenvalue weighted by molar-refractivity contribution is 7.11. The van der Waals surface area contributed by atoms with Gasteiger partial charge in [-0.05, 0) is 37.0 Å². The van der Waals surface area contributed by atoms with Gasteiger partial charge >= 0.3 is 0 Å². The summed E-state index contributed by atoms with van der Waals surface area (Å²) in [5.74, 6) is 0. The number of benzene rings is 1. The van der Waals surface area contributed by atoms with E-state index in [1.165, 1.54) is 23.4 Å². The minimum absolute atomic E-state index is 0.600. The van der Waals surface area contributed by atoms with Crippen LogP contribution >= 0.6 is 34.5 Å². The van der Waals surface area contributed by atoms with Gasteiger partial charge in [0.2, 0.25) is 0 Å². The molecule has 1 aromatic carbocycles. The molecule has 0 amide bonds. The molecule has 0 aliphatic heterocycles. The molecule has 1 aliphatic carbocycles. The van der Waals surface area contributed by atoms with Gasteiger partial charge in [0.25, 0.3) is 0 Å². The molecule has 1 fully saturated rings. The maximum Gasteiger partial charge on any atom is 0.0975 e. The maximum atomic E-state index is 6.08. The van der Waals surface area contributed by atoms with E-state index >= 15 is 0 Å². The molecule has 1 aliphatic rings. The van der Waals surface area contributed by atoms with E-state index in [2.05, 4.69) is 12.2 Å². The fourth-order valence-electron chi connectivity index (χ4n) is 2.28. The molecule has 21 heavy (non-hydrogen) atoms. The van der Waals surface area contributed by atoms with Crippen LogP contribution < -0.4 is 5.32 Å². The van der Waals surface area contributed by atoms with Gasteiger partial charge in [0.15, 0.2) is 0 Å². The summed E-state index contributed by atoms with van der Waals surface area (Å²) in [5, 5.41) is 5.93. The molecule has 1 aromatic heterocycles. The van der Waals surface area contributed by atoms with Gasteiger partial charge in [0.1, 0.15) is 0 Å². The van der Waals surface area contributed by atoms with E-state index in [4.69, 9.17) is 28.2 Å². The summed E-state index contributed by atoms with van der Waals surface area (Å²) >= 11 is 13.8. The van der Waals surface area contributed by atoms with Crippen LogP contribution in [-0.4, -0.2) is 11.0 Å². The zero-order valence-corrected chi connectivity index (χ0v) is 14.3. The van der Waals surface area contributed by atoms with Crippen molar-refractivity contribution in [1.82, 2.24) is 10.3 Å². The summed E-state index contributed by atoms with van der Waals surface area (Å²) < 4.78 is 0. The highest BCUT2D eigenvalue weighted by Crippen LogP contribution is 2.27. The number of thiazole rings is 1. The largest absolute Gasteiger partial charge is 0.309 e. The first-order chi connectivity index (χ1) is 10.2. The number of aromatic nitrogens is 1. The summed E-state index contributed by atoms with van der Waals surface area (Å²) in [6.45, 7) is 3.12. The minimum atomic E-state index is 0.600. The van der Waals surface area contributed by atoms with Gasteiger partial charge in [-0.15, -0.1) is 11.3 Å². The molecule has 1 N–H and O–H groups in total. The van der Waals surface area contributed by atoms with Crippen molar-refractivity contribution in [2.24, 2.45) is 0 Å². The molecule has 0 unspecified atom stereocenters. The van der Waals surface area contributed by atoms with Crippen LogP contribution in [0.1, 0.15) is 40.9 Å². The van der Waals surface area contributed by atoms with Gasteiger partial charge in [0.05, 0.1) is 20.7 Å². The van der Waals surface area contributed by atoms with Gasteiger partial charge in [0, 0.05) is 23.9 Å². The van der Waals surface area contributed by atoms with E-state index < -0.39 is 0 Å². The van der Waals surface area contributed by atoms with Gasteiger partial charge < -0.3 is 5.32 Å². The number of nitrogens with zero attached hydrogens (tertiary/aromatic N) is 1. The monoisotopic (exact) mass is 340 g/mol. The molecule has 0 saturated heterocycles. The van der Waals surface area contributed by atoms with E-state index in [9.17, 15) is 0 Å². The van der Waals surface area contributed by atoms with Gasteiger partial charge in [-0.25, -0.2) is 4.98 Å². The number of hydrogen-bond acceptors (Lipinski definition) is 3. The van der Waals surface area contributed by atoms with Crippen LogP contribution in [-0.2, 0) is 19.4 Å². The summed E-state index contributed by atoms with van der Waals surface area (Å²) in [4.78, 5) is 6.15. The summed E-state index contributed by atoms with van der Waals surface area (Å²) in [7, 11) is 0. The van der Waals surface area contributed by atoms with Crippen LogP contribution in [0.5, 0.6) is 0 Å². The third-order valence-corrected chi connectivity index (χ3v) is 5.46. The molecule has 2 nitrogen and oxygen atoms in total. The Bertz CT molecular complexity index is 635. The van der Waals surface area contributed by atoms with Crippen molar-refractivity contribution in [2.75, 3.05) is 0 Å². The van der Waals surface area contributed by atoms with E-state index in [1.54, 1.807) is 0 Å². The van der Waals surface area contributed by atoms with E-state index in [-0.39, 0.29) is 0 Å². The Kier molecular flexibility index (Phi) is 4.85. The topological polar surface area (TPSA) is 24.9 Å². The normalized spacial score (nSPS) is 14.6. The molecule has 0 radical (unpaired) electrons. The minimum Gasteiger partial charge on any atom is -0.309 e. The quantitative estimate of drug-likeness (QED) is 0.812. The number of aryl methyl sites for hydroxylation is 1. The SMILES string of the molecule is CCc1nc(Cc2ccc(Cl)c(Cl)c2)sc1CNC1CC1. The summed E-state index contributed by atoms with van der Waals surface area (Å²) in [6, 6.07) is 6.53. The lowest BCUT2D eigenvalue weighted by Crippen LogP contribution is -2.15. The van der Waals surface area contributed by atoms with Crippen molar-refractivity contribution >= 4 is 34.5 Å². The van der Waals surface area contributed by atoms with E-state index in [1.807, 2.05) is 29.5 Å². The van der Waals surface area contributed by atoms with Crippen LogP contribution in [0.15, 0.2) is 18.2 Å². The predicted octanol–water partition coefficient (Wildman–Crippen LogP) is 4.86. The average molecular weight is 341 g/mol. The zero-order valence-electron chi connectivity index (χ0n) is 12.0. The second kappa shape index (κ2) is 6.66. The summed E-state index contributed by atoms with van der Waals surface area (Å²) in [6.07, 6.45) is 4.43. The molecule has 0 bridgehead atoms. The highest BCUT2D eigenvalue weighted by Gasteiger charge is 2.21. The fraction of sp³-hybridized carbons (Fsp3) is 0.438. The Hall–Kier alpha value is -0.610. The average Bonchev–Trinajstić information content (AvgIpc) is 3.22. The fourth-order valence-corrected chi connectivity index (χ4v) is 3.74. The molecule has 5 heteroatoms. The Morgan fingerprint density at radius 3 is 2.76 bits per heavy atom. The molecule has 112 valence electrons. The molecule has 1 saturated carbocycles. The lowest BCUT2D eigenvalue weighted by Gasteiger charge is -2.01. The molecular weight excluding hydrogens is 323 g/mol. The smallest absolute Gasteiger partial charge is 0.0975 e. The molecular formula is C16H18Cl2N2S. The number of rotatable bonds is 6. The zero-order chi connectivity index (χ0) is 14.8. The molecule has 0 atom stereocenters. The van der Waals surface area contributed by atoms with Crippen molar-refractivity contribution in [1.29, 1.82) is 0 Å². The second-order valence-electron chi connectivity index (χ2n) is 5.41. The van der Waals surface area contributed by atoms with Gasteiger partial charge in [-0.3, -0.25) is 0 Å². The van der Waals surface area contributed by atoms with Crippen molar-refractivity contribution in [3.05, 3.63) is 49.4 Å². The van der Waals surface area contributed by atoms with E-state index in [0.717, 1.165) is 36.0 Å².